The summed E-state index contributed by atoms with van der Waals surface area (Å²) in [5.74, 6) is -4.29. The Bertz CT molecular complexity index is 669. The van der Waals surface area contributed by atoms with E-state index in [1.54, 1.807) is 14.0 Å². The number of halogens is 2. The standard InChI is InChI=1S/C13H16F2N4O2S/c1-7-10(3-9(12(20)21)18(7)2)22-19-5-8(4-16)11(17)13(14,15)6-19/h3-4,16H,5-6,17H2,1-2H3,(H,20,21). The normalized spacial score (nSPS) is 18.5. The maximum atomic E-state index is 13.9. The molecule has 9 heteroatoms. The van der Waals surface area contributed by atoms with Crippen LogP contribution in [0.4, 0.5) is 8.78 Å². The monoisotopic (exact) mass is 330 g/mol. The van der Waals surface area contributed by atoms with E-state index in [9.17, 15) is 13.6 Å². The first-order valence-electron chi connectivity index (χ1n) is 6.37. The van der Waals surface area contributed by atoms with E-state index in [0.29, 0.717) is 10.6 Å². The first-order valence-corrected chi connectivity index (χ1v) is 7.14. The molecule has 1 aliphatic rings. The summed E-state index contributed by atoms with van der Waals surface area (Å²) >= 11 is 1.04. The predicted molar refractivity (Wildman–Crippen MR) is 79.5 cm³/mol. The van der Waals surface area contributed by atoms with Crippen molar-refractivity contribution < 1.29 is 18.7 Å². The third-order valence-electron chi connectivity index (χ3n) is 3.57. The van der Waals surface area contributed by atoms with Gasteiger partial charge in [0.1, 0.15) is 5.69 Å². The summed E-state index contributed by atoms with van der Waals surface area (Å²) in [6, 6.07) is 1.45. The van der Waals surface area contributed by atoms with Crippen molar-refractivity contribution in [3.8, 4) is 0 Å². The minimum Gasteiger partial charge on any atom is -0.477 e. The first-order chi connectivity index (χ1) is 10.2. The number of hydrogen-bond donors (Lipinski definition) is 3. The van der Waals surface area contributed by atoms with Crippen LogP contribution in [0.2, 0.25) is 0 Å². The van der Waals surface area contributed by atoms with Gasteiger partial charge in [-0.05, 0) is 24.9 Å². The van der Waals surface area contributed by atoms with Crippen LogP contribution in [0.25, 0.3) is 0 Å². The van der Waals surface area contributed by atoms with Gasteiger partial charge in [0.25, 0.3) is 0 Å². The van der Waals surface area contributed by atoms with E-state index >= 15 is 0 Å². The SMILES string of the molecule is Cc1c(SN2CC(C=N)=C(N)C(F)(F)C2)cc(C(=O)O)n1C. The number of alkyl halides is 2. The summed E-state index contributed by atoms with van der Waals surface area (Å²) in [6.07, 6.45) is 0.830. The number of nitrogens with zero attached hydrogens (tertiary/aromatic N) is 2. The number of carboxylic acids is 1. The number of nitrogens with one attached hydrogen (secondary N) is 1. The second kappa shape index (κ2) is 5.73. The molecule has 0 spiro atoms. The van der Waals surface area contributed by atoms with Gasteiger partial charge in [-0.1, -0.05) is 0 Å². The van der Waals surface area contributed by atoms with Crippen LogP contribution < -0.4 is 5.73 Å². The van der Waals surface area contributed by atoms with Crippen molar-refractivity contribution in [1.29, 1.82) is 5.41 Å². The number of aromatic carboxylic acids is 1. The average Bonchev–Trinajstić information content (AvgIpc) is 2.70. The highest BCUT2D eigenvalue weighted by Crippen LogP contribution is 2.36. The zero-order valence-electron chi connectivity index (χ0n) is 12.1. The third-order valence-corrected chi connectivity index (χ3v) is 4.70. The van der Waals surface area contributed by atoms with Gasteiger partial charge in [0.05, 0.1) is 12.2 Å². The molecule has 22 heavy (non-hydrogen) atoms. The van der Waals surface area contributed by atoms with Crippen molar-refractivity contribution >= 4 is 24.1 Å². The molecule has 0 saturated heterocycles. The maximum Gasteiger partial charge on any atom is 0.352 e. The Kier molecular flexibility index (Phi) is 4.30. The zero-order valence-corrected chi connectivity index (χ0v) is 12.9. The molecule has 0 unspecified atom stereocenters. The van der Waals surface area contributed by atoms with Crippen LogP contribution >= 0.6 is 11.9 Å². The van der Waals surface area contributed by atoms with Gasteiger partial charge < -0.3 is 20.8 Å². The molecule has 0 aliphatic carbocycles. The van der Waals surface area contributed by atoms with Crippen molar-refractivity contribution in [2.24, 2.45) is 12.8 Å². The fraction of sp³-hybridized carbons (Fsp3) is 0.385. The minimum atomic E-state index is -3.21. The second-order valence-corrected chi connectivity index (χ2v) is 6.16. The Labute approximate surface area is 130 Å². The molecule has 1 aromatic rings. The summed E-state index contributed by atoms with van der Waals surface area (Å²) < 4.78 is 30.6. The van der Waals surface area contributed by atoms with Gasteiger partial charge in [0.15, 0.2) is 0 Å². The lowest BCUT2D eigenvalue weighted by molar-refractivity contribution is 0.0166. The molecule has 120 valence electrons. The summed E-state index contributed by atoms with van der Waals surface area (Å²) in [5.41, 5.74) is 5.63. The Hall–Kier alpha value is -1.87. The Morgan fingerprint density at radius 3 is 2.73 bits per heavy atom. The summed E-state index contributed by atoms with van der Waals surface area (Å²) in [7, 11) is 1.61. The number of aromatic nitrogens is 1. The van der Waals surface area contributed by atoms with Gasteiger partial charge >= 0.3 is 11.9 Å². The maximum absolute atomic E-state index is 13.9. The van der Waals surface area contributed by atoms with Gasteiger partial charge in [-0.15, -0.1) is 0 Å². The van der Waals surface area contributed by atoms with E-state index in [-0.39, 0.29) is 17.8 Å². The molecule has 6 nitrogen and oxygen atoms in total. The molecule has 0 saturated carbocycles. The van der Waals surface area contributed by atoms with Crippen molar-refractivity contribution in [3.05, 3.63) is 28.7 Å². The zero-order chi connectivity index (χ0) is 16.7. The highest BCUT2D eigenvalue weighted by atomic mass is 32.2. The highest BCUT2D eigenvalue weighted by molar-refractivity contribution is 7.97. The van der Waals surface area contributed by atoms with E-state index in [1.165, 1.54) is 14.9 Å². The van der Waals surface area contributed by atoms with E-state index < -0.39 is 24.1 Å². The van der Waals surface area contributed by atoms with Crippen molar-refractivity contribution in [2.45, 2.75) is 17.7 Å². The van der Waals surface area contributed by atoms with Crippen LogP contribution in [-0.4, -0.2) is 45.2 Å². The third kappa shape index (κ3) is 2.86. The van der Waals surface area contributed by atoms with Crippen molar-refractivity contribution in [2.75, 3.05) is 13.1 Å². The number of carbonyl (C=O) groups is 1. The molecule has 4 N–H and O–H groups in total. The van der Waals surface area contributed by atoms with E-state index in [0.717, 1.165) is 18.2 Å². The molecular formula is C13H16F2N4O2S. The first kappa shape index (κ1) is 16.5. The lowest BCUT2D eigenvalue weighted by Gasteiger charge is -2.32. The van der Waals surface area contributed by atoms with Gasteiger partial charge in [-0.3, -0.25) is 0 Å². The van der Waals surface area contributed by atoms with E-state index in [2.05, 4.69) is 0 Å². The smallest absolute Gasteiger partial charge is 0.352 e. The molecule has 0 radical (unpaired) electrons. The summed E-state index contributed by atoms with van der Waals surface area (Å²) in [4.78, 5) is 11.7. The van der Waals surface area contributed by atoms with Crippen LogP contribution in [-0.2, 0) is 7.05 Å². The number of hydrogen-bond acceptors (Lipinski definition) is 5. The van der Waals surface area contributed by atoms with Crippen LogP contribution in [0, 0.1) is 12.3 Å². The Morgan fingerprint density at radius 2 is 2.23 bits per heavy atom. The molecule has 2 heterocycles. The fourth-order valence-corrected chi connectivity index (χ4v) is 3.31. The van der Waals surface area contributed by atoms with Crippen LogP contribution in [0.15, 0.2) is 22.2 Å². The molecule has 0 fully saturated rings. The van der Waals surface area contributed by atoms with Crippen molar-refractivity contribution in [1.82, 2.24) is 8.87 Å². The van der Waals surface area contributed by atoms with Crippen molar-refractivity contribution in [3.63, 3.8) is 0 Å². The van der Waals surface area contributed by atoms with Gasteiger partial charge in [0.2, 0.25) is 0 Å². The quantitative estimate of drug-likeness (QED) is 0.578. The summed E-state index contributed by atoms with van der Waals surface area (Å²) in [5, 5.41) is 16.3. The van der Waals surface area contributed by atoms with Gasteiger partial charge in [-0.25, -0.2) is 9.10 Å². The van der Waals surface area contributed by atoms with E-state index in [1.807, 2.05) is 0 Å². The summed E-state index contributed by atoms with van der Waals surface area (Å²) in [6.45, 7) is 1.24. The Balaban J connectivity index is 2.28. The molecule has 2 rings (SSSR count). The molecule has 1 aromatic heterocycles. The van der Waals surface area contributed by atoms with Crippen LogP contribution in [0.3, 0.4) is 0 Å². The number of nitrogens with two attached hydrogens (primary N) is 1. The lowest BCUT2D eigenvalue weighted by Crippen LogP contribution is -2.44. The molecule has 0 atom stereocenters. The molecular weight excluding hydrogens is 314 g/mol. The largest absolute Gasteiger partial charge is 0.477 e. The van der Waals surface area contributed by atoms with Gasteiger partial charge in [-0.2, -0.15) is 8.78 Å². The second-order valence-electron chi connectivity index (χ2n) is 5.02. The minimum absolute atomic E-state index is 0.0655. The number of rotatable bonds is 4. The topological polar surface area (TPSA) is 95.3 Å². The average molecular weight is 330 g/mol. The Morgan fingerprint density at radius 1 is 1.59 bits per heavy atom. The number of carboxylic acid groups (broad SMARTS) is 1. The fourth-order valence-electron chi connectivity index (χ4n) is 2.17. The molecule has 1 aliphatic heterocycles. The highest BCUT2D eigenvalue weighted by Gasteiger charge is 2.41. The predicted octanol–water partition coefficient (Wildman–Crippen LogP) is 1.85. The molecule has 0 aromatic carbocycles. The lowest BCUT2D eigenvalue weighted by atomic mass is 10.1. The molecule has 0 amide bonds. The van der Waals surface area contributed by atoms with Crippen LogP contribution in [0.1, 0.15) is 16.2 Å². The van der Waals surface area contributed by atoms with Gasteiger partial charge in [0, 0.05) is 36.0 Å². The van der Waals surface area contributed by atoms with Crippen LogP contribution in [0.5, 0.6) is 0 Å². The van der Waals surface area contributed by atoms with E-state index in [4.69, 9.17) is 16.2 Å². The molecule has 0 bridgehead atoms.